The molecule has 1 aliphatic carbocycles. The number of fused-ring (bicyclic) bond motifs is 1. The molecule has 3 aromatic rings. The van der Waals surface area contributed by atoms with E-state index in [4.69, 9.17) is 18.6 Å². The lowest BCUT2D eigenvalue weighted by molar-refractivity contribution is -0.121. The van der Waals surface area contributed by atoms with Gasteiger partial charge in [-0.25, -0.2) is 4.79 Å². The minimum atomic E-state index is -0.424. The van der Waals surface area contributed by atoms with Gasteiger partial charge in [-0.2, -0.15) is 0 Å². The van der Waals surface area contributed by atoms with Gasteiger partial charge in [-0.3, -0.25) is 4.79 Å². The van der Waals surface area contributed by atoms with E-state index in [1.807, 2.05) is 44.2 Å². The molecule has 0 spiro atoms. The first-order valence-electron chi connectivity index (χ1n) is 12.1. The second-order valence-electron chi connectivity index (χ2n) is 9.08. The summed E-state index contributed by atoms with van der Waals surface area (Å²) in [4.78, 5) is 25.3. The lowest BCUT2D eigenvalue weighted by atomic mass is 10.0. The summed E-state index contributed by atoms with van der Waals surface area (Å²) in [6.45, 7) is 3.80. The van der Waals surface area contributed by atoms with Crippen LogP contribution in [-0.2, 0) is 11.2 Å². The van der Waals surface area contributed by atoms with Gasteiger partial charge < -0.3 is 23.9 Å². The zero-order valence-electron chi connectivity index (χ0n) is 20.8. The molecule has 7 nitrogen and oxygen atoms in total. The molecule has 2 aromatic carbocycles. The SMILES string of the molecule is COc1ccc2c(C)c(CCC(=O)NC(C)c3ccc(OC4CCCC4)c(OC)c3)c(=O)oc2c1. The van der Waals surface area contributed by atoms with Crippen LogP contribution in [0.5, 0.6) is 17.2 Å². The van der Waals surface area contributed by atoms with E-state index in [-0.39, 0.29) is 24.5 Å². The van der Waals surface area contributed by atoms with Crippen LogP contribution in [-0.4, -0.2) is 26.2 Å². The number of hydrogen-bond donors (Lipinski definition) is 1. The average Bonchev–Trinajstić information content (AvgIpc) is 3.36. The van der Waals surface area contributed by atoms with E-state index >= 15 is 0 Å². The van der Waals surface area contributed by atoms with Crippen LogP contribution in [0.3, 0.4) is 0 Å². The smallest absolute Gasteiger partial charge is 0.339 e. The maximum absolute atomic E-state index is 12.7. The number of ether oxygens (including phenoxy) is 3. The summed E-state index contributed by atoms with van der Waals surface area (Å²) < 4.78 is 22.3. The van der Waals surface area contributed by atoms with Crippen molar-refractivity contribution >= 4 is 16.9 Å². The molecule has 1 N–H and O–H groups in total. The standard InChI is InChI=1S/C28H33NO6/c1-17-22-11-10-21(32-3)16-25(22)35-28(31)23(17)12-14-27(30)29-18(2)19-9-13-24(26(15-19)33-4)34-20-7-5-6-8-20/h9-11,13,15-16,18,20H,5-8,12,14H2,1-4H3,(H,29,30). The first-order valence-corrected chi connectivity index (χ1v) is 12.1. The first-order chi connectivity index (χ1) is 16.9. The maximum atomic E-state index is 12.7. The molecule has 1 aromatic heterocycles. The van der Waals surface area contributed by atoms with Gasteiger partial charge in [0.05, 0.1) is 26.4 Å². The molecule has 35 heavy (non-hydrogen) atoms. The molecule has 0 radical (unpaired) electrons. The van der Waals surface area contributed by atoms with Gasteiger partial charge in [0.25, 0.3) is 0 Å². The number of aryl methyl sites for hydroxylation is 1. The van der Waals surface area contributed by atoms with Crippen LogP contribution in [0.15, 0.2) is 45.6 Å². The number of hydrogen-bond acceptors (Lipinski definition) is 6. The Kier molecular flexibility index (Phi) is 7.63. The van der Waals surface area contributed by atoms with Gasteiger partial charge in [-0.15, -0.1) is 0 Å². The van der Waals surface area contributed by atoms with E-state index in [0.29, 0.717) is 29.1 Å². The normalized spacial score (nSPS) is 14.6. The predicted molar refractivity (Wildman–Crippen MR) is 135 cm³/mol. The fourth-order valence-electron chi connectivity index (χ4n) is 4.66. The molecule has 0 aliphatic heterocycles. The highest BCUT2D eigenvalue weighted by Gasteiger charge is 2.20. The second kappa shape index (κ2) is 10.8. The van der Waals surface area contributed by atoms with Crippen LogP contribution >= 0.6 is 0 Å². The number of carbonyl (C=O) groups is 1. The summed E-state index contributed by atoms with van der Waals surface area (Å²) in [7, 11) is 3.19. The molecule has 1 amide bonds. The third-order valence-electron chi connectivity index (χ3n) is 6.76. The molecule has 4 rings (SSSR count). The largest absolute Gasteiger partial charge is 0.497 e. The van der Waals surface area contributed by atoms with Crippen LogP contribution in [0.2, 0.25) is 0 Å². The van der Waals surface area contributed by atoms with Gasteiger partial charge in [-0.05, 0) is 81.3 Å². The Morgan fingerprint density at radius 1 is 1.09 bits per heavy atom. The average molecular weight is 480 g/mol. The first kappa shape index (κ1) is 24.6. The van der Waals surface area contributed by atoms with Gasteiger partial charge in [-0.1, -0.05) is 6.07 Å². The highest BCUT2D eigenvalue weighted by Crippen LogP contribution is 2.34. The minimum absolute atomic E-state index is 0.142. The van der Waals surface area contributed by atoms with Crippen molar-refractivity contribution in [3.63, 3.8) is 0 Å². The van der Waals surface area contributed by atoms with Crippen molar-refractivity contribution in [3.8, 4) is 17.2 Å². The van der Waals surface area contributed by atoms with Crippen LogP contribution in [0.1, 0.15) is 61.8 Å². The van der Waals surface area contributed by atoms with Crippen LogP contribution in [0, 0.1) is 6.92 Å². The molecular weight excluding hydrogens is 446 g/mol. The molecule has 1 fully saturated rings. The predicted octanol–water partition coefficient (Wildman–Crippen LogP) is 5.25. The lowest BCUT2D eigenvalue weighted by Crippen LogP contribution is -2.27. The Bertz CT molecular complexity index is 1260. The molecule has 1 aliphatic rings. The van der Waals surface area contributed by atoms with E-state index in [9.17, 15) is 9.59 Å². The van der Waals surface area contributed by atoms with E-state index in [2.05, 4.69) is 5.32 Å². The van der Waals surface area contributed by atoms with Crippen molar-refractivity contribution in [2.45, 2.75) is 64.5 Å². The van der Waals surface area contributed by atoms with E-state index in [0.717, 1.165) is 35.1 Å². The van der Waals surface area contributed by atoms with Crippen LogP contribution in [0.25, 0.3) is 11.0 Å². The number of amides is 1. The number of carbonyl (C=O) groups excluding carboxylic acids is 1. The Balaban J connectivity index is 1.40. The molecular formula is C28H33NO6. The Morgan fingerprint density at radius 3 is 2.57 bits per heavy atom. The summed E-state index contributed by atoms with van der Waals surface area (Å²) in [5.74, 6) is 1.88. The third kappa shape index (κ3) is 5.61. The quantitative estimate of drug-likeness (QED) is 0.422. The molecule has 1 heterocycles. The van der Waals surface area contributed by atoms with Gasteiger partial charge >= 0.3 is 5.63 Å². The number of rotatable bonds is 9. The molecule has 1 atom stereocenters. The second-order valence-corrected chi connectivity index (χ2v) is 9.08. The topological polar surface area (TPSA) is 87.0 Å². The zero-order valence-corrected chi connectivity index (χ0v) is 20.8. The Hall–Kier alpha value is -3.48. The van der Waals surface area contributed by atoms with Gasteiger partial charge in [0, 0.05) is 23.4 Å². The Labute approximate surface area is 205 Å². The Morgan fingerprint density at radius 2 is 1.86 bits per heavy atom. The zero-order chi connectivity index (χ0) is 24.9. The summed E-state index contributed by atoms with van der Waals surface area (Å²) in [5.41, 5.74) is 2.31. The third-order valence-corrected chi connectivity index (χ3v) is 6.76. The summed E-state index contributed by atoms with van der Waals surface area (Å²) >= 11 is 0. The summed E-state index contributed by atoms with van der Waals surface area (Å²) in [6, 6.07) is 10.9. The monoisotopic (exact) mass is 479 g/mol. The van der Waals surface area contributed by atoms with Crippen molar-refractivity contribution in [3.05, 3.63) is 63.5 Å². The highest BCUT2D eigenvalue weighted by molar-refractivity contribution is 5.83. The minimum Gasteiger partial charge on any atom is -0.497 e. The lowest BCUT2D eigenvalue weighted by Gasteiger charge is -2.19. The maximum Gasteiger partial charge on any atom is 0.339 e. The van der Waals surface area contributed by atoms with Crippen LogP contribution < -0.4 is 25.2 Å². The van der Waals surface area contributed by atoms with Gasteiger partial charge in [0.2, 0.25) is 5.91 Å². The molecule has 1 saturated carbocycles. The van der Waals surface area contributed by atoms with Gasteiger partial charge in [0.15, 0.2) is 11.5 Å². The number of benzene rings is 2. The molecule has 0 bridgehead atoms. The van der Waals surface area contributed by atoms with Crippen molar-refractivity contribution in [1.82, 2.24) is 5.32 Å². The number of methoxy groups -OCH3 is 2. The fraction of sp³-hybridized carbons (Fsp3) is 0.429. The van der Waals surface area contributed by atoms with Crippen LogP contribution in [0.4, 0.5) is 0 Å². The van der Waals surface area contributed by atoms with E-state index < -0.39 is 5.63 Å². The van der Waals surface area contributed by atoms with E-state index in [1.165, 1.54) is 12.8 Å². The van der Waals surface area contributed by atoms with Crippen molar-refractivity contribution in [1.29, 1.82) is 0 Å². The summed E-state index contributed by atoms with van der Waals surface area (Å²) in [6.07, 6.45) is 5.25. The number of nitrogens with one attached hydrogen (secondary N) is 1. The summed E-state index contributed by atoms with van der Waals surface area (Å²) in [5, 5.41) is 3.85. The van der Waals surface area contributed by atoms with E-state index in [1.54, 1.807) is 20.3 Å². The molecule has 0 saturated heterocycles. The highest BCUT2D eigenvalue weighted by atomic mass is 16.5. The van der Waals surface area contributed by atoms with Crippen molar-refractivity contribution in [2.75, 3.05) is 14.2 Å². The molecule has 1 unspecified atom stereocenters. The molecule has 7 heteroatoms. The fourth-order valence-corrected chi connectivity index (χ4v) is 4.66. The molecule has 186 valence electrons. The van der Waals surface area contributed by atoms with Crippen molar-refractivity contribution < 1.29 is 23.4 Å². The van der Waals surface area contributed by atoms with Gasteiger partial charge in [0.1, 0.15) is 11.3 Å². The van der Waals surface area contributed by atoms with Crippen molar-refractivity contribution in [2.24, 2.45) is 0 Å².